The molecule has 0 heterocycles. The van der Waals surface area contributed by atoms with Crippen molar-refractivity contribution in [3.05, 3.63) is 64.1 Å². The van der Waals surface area contributed by atoms with Crippen LogP contribution in [0.5, 0.6) is 0 Å². The molecule has 2 aromatic carbocycles. The maximum atomic E-state index is 12.3. The number of methoxy groups -OCH3 is 1. The molecule has 0 fully saturated rings. The summed E-state index contributed by atoms with van der Waals surface area (Å²) in [5, 5.41) is 2.92. The van der Waals surface area contributed by atoms with Crippen molar-refractivity contribution in [2.75, 3.05) is 19.5 Å². The third-order valence-corrected chi connectivity index (χ3v) is 3.77. The summed E-state index contributed by atoms with van der Waals surface area (Å²) in [6.45, 7) is 1.01. The number of halogens is 1. The van der Waals surface area contributed by atoms with Gasteiger partial charge in [-0.15, -0.1) is 0 Å². The van der Waals surface area contributed by atoms with Crippen LogP contribution in [0.4, 0.5) is 10.5 Å². The molecule has 0 aromatic heterocycles. The third-order valence-electron chi connectivity index (χ3n) is 3.24. The molecule has 0 bridgehead atoms. The molecule has 0 spiro atoms. The summed E-state index contributed by atoms with van der Waals surface area (Å²) in [4.78, 5) is 14.0. The topological polar surface area (TPSA) is 41.6 Å². The van der Waals surface area contributed by atoms with Crippen LogP contribution in [0.1, 0.15) is 11.1 Å². The third kappa shape index (κ3) is 4.58. The van der Waals surface area contributed by atoms with Gasteiger partial charge in [-0.2, -0.15) is 0 Å². The molecular formula is C17H19BrN2O2. The van der Waals surface area contributed by atoms with E-state index in [4.69, 9.17) is 4.74 Å². The van der Waals surface area contributed by atoms with E-state index in [-0.39, 0.29) is 6.03 Å². The van der Waals surface area contributed by atoms with Gasteiger partial charge in [0.25, 0.3) is 0 Å². The van der Waals surface area contributed by atoms with Crippen molar-refractivity contribution in [2.45, 2.75) is 13.2 Å². The average Bonchev–Trinajstić information content (AvgIpc) is 2.51. The largest absolute Gasteiger partial charge is 0.380 e. The fourth-order valence-electron chi connectivity index (χ4n) is 2.07. The molecule has 0 saturated heterocycles. The number of hydrogen-bond donors (Lipinski definition) is 1. The minimum atomic E-state index is -0.147. The monoisotopic (exact) mass is 362 g/mol. The average molecular weight is 363 g/mol. The van der Waals surface area contributed by atoms with Crippen molar-refractivity contribution in [2.24, 2.45) is 0 Å². The Bertz CT molecular complexity index is 629. The molecular weight excluding hydrogens is 344 g/mol. The highest BCUT2D eigenvalue weighted by Crippen LogP contribution is 2.17. The van der Waals surface area contributed by atoms with E-state index in [9.17, 15) is 4.79 Å². The predicted molar refractivity (Wildman–Crippen MR) is 91.8 cm³/mol. The van der Waals surface area contributed by atoms with Crippen LogP contribution in [0, 0.1) is 0 Å². The van der Waals surface area contributed by atoms with Crippen LogP contribution < -0.4 is 5.32 Å². The Morgan fingerprint density at radius 1 is 1.18 bits per heavy atom. The van der Waals surface area contributed by atoms with Gasteiger partial charge >= 0.3 is 6.03 Å². The molecule has 0 unspecified atom stereocenters. The van der Waals surface area contributed by atoms with Crippen molar-refractivity contribution in [1.82, 2.24) is 4.90 Å². The Balaban J connectivity index is 2.01. The van der Waals surface area contributed by atoms with Gasteiger partial charge < -0.3 is 15.0 Å². The first-order valence-electron chi connectivity index (χ1n) is 6.93. The van der Waals surface area contributed by atoms with Gasteiger partial charge in [0.1, 0.15) is 0 Å². The molecule has 4 nitrogen and oxygen atoms in total. The van der Waals surface area contributed by atoms with E-state index >= 15 is 0 Å². The second kappa shape index (κ2) is 7.96. The lowest BCUT2D eigenvalue weighted by atomic mass is 10.2. The SMILES string of the molecule is COCc1ccccc1NC(=O)N(C)Cc1ccc(Br)cc1. The van der Waals surface area contributed by atoms with Crippen molar-refractivity contribution in [3.8, 4) is 0 Å². The Labute approximate surface area is 139 Å². The van der Waals surface area contributed by atoms with Crippen molar-refractivity contribution < 1.29 is 9.53 Å². The summed E-state index contributed by atoms with van der Waals surface area (Å²) < 4.78 is 6.17. The zero-order valence-corrected chi connectivity index (χ0v) is 14.3. The van der Waals surface area contributed by atoms with Crippen LogP contribution in [-0.4, -0.2) is 25.1 Å². The number of urea groups is 1. The number of carbonyl (C=O) groups excluding carboxylic acids is 1. The first-order valence-corrected chi connectivity index (χ1v) is 7.73. The number of benzene rings is 2. The number of hydrogen-bond acceptors (Lipinski definition) is 2. The molecule has 22 heavy (non-hydrogen) atoms. The van der Waals surface area contributed by atoms with Crippen LogP contribution in [0.25, 0.3) is 0 Å². The molecule has 1 N–H and O–H groups in total. The molecule has 2 rings (SSSR count). The number of para-hydroxylation sites is 1. The lowest BCUT2D eigenvalue weighted by molar-refractivity contribution is 0.185. The van der Waals surface area contributed by atoms with Gasteiger partial charge in [-0.3, -0.25) is 0 Å². The van der Waals surface area contributed by atoms with Crippen LogP contribution >= 0.6 is 15.9 Å². The van der Waals surface area contributed by atoms with E-state index < -0.39 is 0 Å². The van der Waals surface area contributed by atoms with Crippen LogP contribution in [0.3, 0.4) is 0 Å². The summed E-state index contributed by atoms with van der Waals surface area (Å²) >= 11 is 3.40. The van der Waals surface area contributed by atoms with Crippen LogP contribution in [0.2, 0.25) is 0 Å². The quantitative estimate of drug-likeness (QED) is 0.863. The van der Waals surface area contributed by atoms with E-state index in [0.717, 1.165) is 21.3 Å². The molecule has 2 aromatic rings. The highest BCUT2D eigenvalue weighted by atomic mass is 79.9. The zero-order chi connectivity index (χ0) is 15.9. The number of anilines is 1. The van der Waals surface area contributed by atoms with Crippen molar-refractivity contribution in [1.29, 1.82) is 0 Å². The Morgan fingerprint density at radius 2 is 1.86 bits per heavy atom. The Morgan fingerprint density at radius 3 is 2.55 bits per heavy atom. The maximum absolute atomic E-state index is 12.3. The van der Waals surface area contributed by atoms with Gasteiger partial charge in [0, 0.05) is 36.4 Å². The van der Waals surface area contributed by atoms with Gasteiger partial charge in [0.15, 0.2) is 0 Å². The number of nitrogens with zero attached hydrogens (tertiary/aromatic N) is 1. The minimum absolute atomic E-state index is 0.147. The molecule has 0 saturated carbocycles. The second-order valence-electron chi connectivity index (χ2n) is 5.00. The molecule has 116 valence electrons. The first-order chi connectivity index (χ1) is 10.6. The fraction of sp³-hybridized carbons (Fsp3) is 0.235. The molecule has 5 heteroatoms. The molecule has 0 aliphatic carbocycles. The Hall–Kier alpha value is -1.85. The lowest BCUT2D eigenvalue weighted by Gasteiger charge is -2.19. The number of amides is 2. The standard InChI is InChI=1S/C17H19BrN2O2/c1-20(11-13-7-9-15(18)10-8-13)17(21)19-16-6-4-3-5-14(16)12-22-2/h3-10H,11-12H2,1-2H3,(H,19,21). The molecule has 0 aliphatic rings. The minimum Gasteiger partial charge on any atom is -0.380 e. The fourth-order valence-corrected chi connectivity index (χ4v) is 2.33. The summed E-state index contributed by atoms with van der Waals surface area (Å²) in [7, 11) is 3.41. The lowest BCUT2D eigenvalue weighted by Crippen LogP contribution is -2.31. The first kappa shape index (κ1) is 16.5. The van der Waals surface area contributed by atoms with Gasteiger partial charge in [-0.25, -0.2) is 4.79 Å². The van der Waals surface area contributed by atoms with Gasteiger partial charge in [0.05, 0.1) is 6.61 Å². The van der Waals surface area contributed by atoms with Crippen LogP contribution in [-0.2, 0) is 17.9 Å². The van der Waals surface area contributed by atoms with E-state index in [1.807, 2.05) is 48.5 Å². The van der Waals surface area contributed by atoms with Gasteiger partial charge in [0.2, 0.25) is 0 Å². The molecule has 0 atom stereocenters. The van der Waals surface area contributed by atoms with E-state index in [0.29, 0.717) is 13.2 Å². The summed E-state index contributed by atoms with van der Waals surface area (Å²) in [5.74, 6) is 0. The normalized spacial score (nSPS) is 10.3. The smallest absolute Gasteiger partial charge is 0.321 e. The van der Waals surface area contributed by atoms with Crippen molar-refractivity contribution >= 4 is 27.6 Å². The predicted octanol–water partition coefficient (Wildman–Crippen LogP) is 4.26. The number of ether oxygens (including phenoxy) is 1. The Kier molecular flexibility index (Phi) is 5.98. The second-order valence-corrected chi connectivity index (χ2v) is 5.92. The van der Waals surface area contributed by atoms with Gasteiger partial charge in [-0.05, 0) is 23.8 Å². The van der Waals surface area contributed by atoms with E-state index in [2.05, 4.69) is 21.2 Å². The summed E-state index contributed by atoms with van der Waals surface area (Å²) in [6.07, 6.45) is 0. The number of carbonyl (C=O) groups is 1. The van der Waals surface area contributed by atoms with Crippen LogP contribution in [0.15, 0.2) is 53.0 Å². The summed E-state index contributed by atoms with van der Waals surface area (Å²) in [5.41, 5.74) is 2.80. The van der Waals surface area contributed by atoms with Crippen molar-refractivity contribution in [3.63, 3.8) is 0 Å². The summed E-state index contributed by atoms with van der Waals surface area (Å²) in [6, 6.07) is 15.4. The maximum Gasteiger partial charge on any atom is 0.321 e. The number of nitrogens with one attached hydrogen (secondary N) is 1. The highest BCUT2D eigenvalue weighted by Gasteiger charge is 2.11. The molecule has 0 aliphatic heterocycles. The molecule has 0 radical (unpaired) electrons. The van der Waals surface area contributed by atoms with E-state index in [1.54, 1.807) is 19.1 Å². The van der Waals surface area contributed by atoms with E-state index in [1.165, 1.54) is 0 Å². The number of rotatable bonds is 5. The van der Waals surface area contributed by atoms with Gasteiger partial charge in [-0.1, -0.05) is 46.3 Å². The molecule has 2 amide bonds. The zero-order valence-electron chi connectivity index (χ0n) is 12.7. The highest BCUT2D eigenvalue weighted by molar-refractivity contribution is 9.10.